The first kappa shape index (κ1) is 18.4. The number of rotatable bonds is 6. The second kappa shape index (κ2) is 8.40. The average molecular weight is 380 g/mol. The topological polar surface area (TPSA) is 44.1 Å². The SMILES string of the molecule is COc1ccccc1C(=O)/C=C/c1cn(-c2ccccc2)nc1-c1ccccc1. The molecule has 142 valence electrons. The highest BCUT2D eigenvalue weighted by molar-refractivity contribution is 6.08. The van der Waals surface area contributed by atoms with E-state index in [4.69, 9.17) is 9.84 Å². The van der Waals surface area contributed by atoms with Crippen LogP contribution in [0.2, 0.25) is 0 Å². The Hall–Kier alpha value is -3.92. The molecule has 3 aromatic carbocycles. The zero-order chi connectivity index (χ0) is 20.1. The molecule has 0 bridgehead atoms. The summed E-state index contributed by atoms with van der Waals surface area (Å²) in [6.07, 6.45) is 5.31. The number of para-hydroxylation sites is 2. The molecule has 4 nitrogen and oxygen atoms in total. The van der Waals surface area contributed by atoms with Gasteiger partial charge in [0.1, 0.15) is 5.75 Å². The molecule has 29 heavy (non-hydrogen) atoms. The van der Waals surface area contributed by atoms with Gasteiger partial charge in [0.2, 0.25) is 0 Å². The van der Waals surface area contributed by atoms with Gasteiger partial charge in [0.15, 0.2) is 5.78 Å². The smallest absolute Gasteiger partial charge is 0.189 e. The van der Waals surface area contributed by atoms with Gasteiger partial charge in [0, 0.05) is 17.3 Å². The molecule has 0 fully saturated rings. The van der Waals surface area contributed by atoms with E-state index in [0.29, 0.717) is 11.3 Å². The molecular weight excluding hydrogens is 360 g/mol. The van der Waals surface area contributed by atoms with Crippen LogP contribution in [0.25, 0.3) is 23.0 Å². The van der Waals surface area contributed by atoms with Gasteiger partial charge in [-0.2, -0.15) is 5.10 Å². The Balaban J connectivity index is 1.73. The van der Waals surface area contributed by atoms with Crippen molar-refractivity contribution >= 4 is 11.9 Å². The van der Waals surface area contributed by atoms with Crippen LogP contribution < -0.4 is 4.74 Å². The van der Waals surface area contributed by atoms with Gasteiger partial charge in [0.05, 0.1) is 24.1 Å². The van der Waals surface area contributed by atoms with E-state index in [1.807, 2.05) is 89.8 Å². The molecule has 0 radical (unpaired) electrons. The number of ether oxygens (including phenoxy) is 1. The number of benzene rings is 3. The Labute approximate surface area is 169 Å². The lowest BCUT2D eigenvalue weighted by atomic mass is 10.1. The van der Waals surface area contributed by atoms with Crippen LogP contribution in [-0.4, -0.2) is 22.7 Å². The van der Waals surface area contributed by atoms with E-state index in [1.165, 1.54) is 0 Å². The first-order chi connectivity index (χ1) is 14.3. The number of nitrogens with zero attached hydrogens (tertiary/aromatic N) is 2. The van der Waals surface area contributed by atoms with Crippen molar-refractivity contribution in [3.8, 4) is 22.7 Å². The maximum Gasteiger partial charge on any atom is 0.189 e. The minimum absolute atomic E-state index is 0.117. The van der Waals surface area contributed by atoms with Crippen LogP contribution in [0.1, 0.15) is 15.9 Å². The van der Waals surface area contributed by atoms with E-state index in [0.717, 1.165) is 22.5 Å². The fourth-order valence-electron chi connectivity index (χ4n) is 3.15. The summed E-state index contributed by atoms with van der Waals surface area (Å²) < 4.78 is 7.13. The average Bonchev–Trinajstić information content (AvgIpc) is 3.23. The van der Waals surface area contributed by atoms with Gasteiger partial charge in [-0.3, -0.25) is 4.79 Å². The molecule has 0 aliphatic heterocycles. The van der Waals surface area contributed by atoms with E-state index >= 15 is 0 Å². The number of hydrogen-bond donors (Lipinski definition) is 0. The Morgan fingerprint density at radius 2 is 1.55 bits per heavy atom. The third-order valence-corrected chi connectivity index (χ3v) is 4.60. The summed E-state index contributed by atoms with van der Waals surface area (Å²) in [4.78, 5) is 12.7. The van der Waals surface area contributed by atoms with Gasteiger partial charge in [-0.15, -0.1) is 0 Å². The summed E-state index contributed by atoms with van der Waals surface area (Å²) in [5, 5.41) is 4.76. The van der Waals surface area contributed by atoms with Crippen LogP contribution in [0.15, 0.2) is 97.2 Å². The Kier molecular flexibility index (Phi) is 5.34. The molecule has 1 aromatic heterocycles. The minimum Gasteiger partial charge on any atom is -0.496 e. The summed E-state index contributed by atoms with van der Waals surface area (Å²) >= 11 is 0. The van der Waals surface area contributed by atoms with Gasteiger partial charge < -0.3 is 4.74 Å². The molecule has 0 unspecified atom stereocenters. The monoisotopic (exact) mass is 380 g/mol. The van der Waals surface area contributed by atoms with Crippen molar-refractivity contribution in [2.24, 2.45) is 0 Å². The summed E-state index contributed by atoms with van der Waals surface area (Å²) in [6, 6.07) is 27.1. The zero-order valence-electron chi connectivity index (χ0n) is 16.0. The molecule has 0 saturated carbocycles. The first-order valence-corrected chi connectivity index (χ1v) is 9.32. The van der Waals surface area contributed by atoms with E-state index in [1.54, 1.807) is 25.3 Å². The number of carbonyl (C=O) groups is 1. The molecule has 1 heterocycles. The molecule has 0 atom stereocenters. The number of aromatic nitrogens is 2. The van der Waals surface area contributed by atoms with Gasteiger partial charge in [0.25, 0.3) is 0 Å². The highest BCUT2D eigenvalue weighted by Crippen LogP contribution is 2.25. The molecule has 4 aromatic rings. The van der Waals surface area contributed by atoms with E-state index in [9.17, 15) is 4.79 Å². The largest absolute Gasteiger partial charge is 0.496 e. The number of methoxy groups -OCH3 is 1. The number of ketones is 1. The van der Waals surface area contributed by atoms with Crippen LogP contribution in [0.3, 0.4) is 0 Å². The van der Waals surface area contributed by atoms with E-state index < -0.39 is 0 Å². The van der Waals surface area contributed by atoms with Crippen LogP contribution in [0.4, 0.5) is 0 Å². The molecule has 4 rings (SSSR count). The molecular formula is C25H20N2O2. The van der Waals surface area contributed by atoms with Gasteiger partial charge in [-0.25, -0.2) is 4.68 Å². The lowest BCUT2D eigenvalue weighted by Gasteiger charge is -2.04. The predicted octanol–water partition coefficient (Wildman–Crippen LogP) is 5.44. The molecule has 0 amide bonds. The lowest BCUT2D eigenvalue weighted by molar-refractivity contribution is 0.104. The summed E-state index contributed by atoms with van der Waals surface area (Å²) in [7, 11) is 1.56. The summed E-state index contributed by atoms with van der Waals surface area (Å²) in [5.41, 5.74) is 4.16. The molecule has 0 aliphatic rings. The van der Waals surface area contributed by atoms with Crippen molar-refractivity contribution < 1.29 is 9.53 Å². The van der Waals surface area contributed by atoms with Crippen molar-refractivity contribution in [2.45, 2.75) is 0 Å². The normalized spacial score (nSPS) is 10.9. The van der Waals surface area contributed by atoms with Crippen LogP contribution in [0, 0.1) is 0 Å². The molecule has 4 heteroatoms. The van der Waals surface area contributed by atoms with Gasteiger partial charge in [-0.1, -0.05) is 60.7 Å². The van der Waals surface area contributed by atoms with Gasteiger partial charge >= 0.3 is 0 Å². The van der Waals surface area contributed by atoms with Crippen molar-refractivity contribution in [2.75, 3.05) is 7.11 Å². The van der Waals surface area contributed by atoms with E-state index in [2.05, 4.69) is 0 Å². The molecule has 0 spiro atoms. The number of carbonyl (C=O) groups excluding carboxylic acids is 1. The number of allylic oxidation sites excluding steroid dienone is 1. The highest BCUT2D eigenvalue weighted by atomic mass is 16.5. The minimum atomic E-state index is -0.117. The molecule has 0 aliphatic carbocycles. The summed E-state index contributed by atoms with van der Waals surface area (Å²) in [6.45, 7) is 0. The standard InChI is InChI=1S/C25H20N2O2/c1-29-24-15-9-8-14-22(24)23(28)17-16-20-18-27(21-12-6-3-7-13-21)26-25(20)19-10-4-2-5-11-19/h2-18H,1H3/b17-16+. The van der Waals surface area contributed by atoms with Crippen molar-refractivity contribution in [1.82, 2.24) is 9.78 Å². The fraction of sp³-hybridized carbons (Fsp3) is 0.0400. The van der Waals surface area contributed by atoms with Gasteiger partial charge in [-0.05, 0) is 36.4 Å². The third-order valence-electron chi connectivity index (χ3n) is 4.60. The van der Waals surface area contributed by atoms with Crippen molar-refractivity contribution in [3.63, 3.8) is 0 Å². The first-order valence-electron chi connectivity index (χ1n) is 9.32. The second-order valence-electron chi connectivity index (χ2n) is 6.48. The molecule has 0 saturated heterocycles. The maximum atomic E-state index is 12.7. The second-order valence-corrected chi connectivity index (χ2v) is 6.48. The fourth-order valence-corrected chi connectivity index (χ4v) is 3.15. The van der Waals surface area contributed by atoms with Crippen molar-refractivity contribution in [1.29, 1.82) is 0 Å². The Morgan fingerprint density at radius 3 is 2.28 bits per heavy atom. The predicted molar refractivity (Wildman–Crippen MR) is 115 cm³/mol. The number of hydrogen-bond acceptors (Lipinski definition) is 3. The van der Waals surface area contributed by atoms with Crippen LogP contribution in [0.5, 0.6) is 5.75 Å². The summed E-state index contributed by atoms with van der Waals surface area (Å²) in [5.74, 6) is 0.444. The molecule has 0 N–H and O–H groups in total. The zero-order valence-corrected chi connectivity index (χ0v) is 16.0. The maximum absolute atomic E-state index is 12.7. The third kappa shape index (κ3) is 4.01. The Bertz CT molecular complexity index is 1150. The Morgan fingerprint density at radius 1 is 0.897 bits per heavy atom. The highest BCUT2D eigenvalue weighted by Gasteiger charge is 2.12. The van der Waals surface area contributed by atoms with E-state index in [-0.39, 0.29) is 5.78 Å². The van der Waals surface area contributed by atoms with Crippen LogP contribution in [-0.2, 0) is 0 Å². The van der Waals surface area contributed by atoms with Crippen molar-refractivity contribution in [3.05, 3.63) is 108 Å². The lowest BCUT2D eigenvalue weighted by Crippen LogP contribution is -1.98. The quantitative estimate of drug-likeness (QED) is 0.330. The van der Waals surface area contributed by atoms with Crippen LogP contribution >= 0.6 is 0 Å².